The van der Waals surface area contributed by atoms with E-state index in [4.69, 9.17) is 28.3 Å². The number of rotatable bonds is 5. The zero-order valence-corrected chi connectivity index (χ0v) is 17.5. The van der Waals surface area contributed by atoms with E-state index in [9.17, 15) is 9.59 Å². The maximum absolute atomic E-state index is 12.8. The Bertz CT molecular complexity index is 1110. The average molecular weight is 463 g/mol. The number of anilines is 1. The van der Waals surface area contributed by atoms with Gasteiger partial charge in [0, 0.05) is 31.2 Å². The van der Waals surface area contributed by atoms with Gasteiger partial charge in [-0.05, 0) is 23.4 Å². The van der Waals surface area contributed by atoms with Crippen molar-refractivity contribution in [2.75, 3.05) is 31.1 Å². The lowest BCUT2D eigenvalue weighted by Gasteiger charge is -2.35. The molecule has 0 bridgehead atoms. The van der Waals surface area contributed by atoms with Crippen molar-refractivity contribution < 1.29 is 14.7 Å². The van der Waals surface area contributed by atoms with Crippen LogP contribution in [0.5, 0.6) is 0 Å². The Kier molecular flexibility index (Phi) is 5.96. The fourth-order valence-electron chi connectivity index (χ4n) is 3.10. The molecule has 0 atom stereocenters. The Morgan fingerprint density at radius 1 is 1.06 bits per heavy atom. The molecule has 1 aliphatic heterocycles. The van der Waals surface area contributed by atoms with Crippen molar-refractivity contribution in [2.24, 2.45) is 0 Å². The highest BCUT2D eigenvalue weighted by Crippen LogP contribution is 2.23. The first kappa shape index (κ1) is 20.9. The third kappa shape index (κ3) is 4.72. The van der Waals surface area contributed by atoms with Crippen LogP contribution in [-0.2, 0) is 11.3 Å². The lowest BCUT2D eigenvalue weighted by molar-refractivity contribution is -0.138. The van der Waals surface area contributed by atoms with Crippen LogP contribution in [0.2, 0.25) is 10.0 Å². The lowest BCUT2D eigenvalue weighted by atomic mass is 10.2. The number of tetrazole rings is 1. The number of carboxylic acids is 1. The Balaban J connectivity index is 1.39. The molecule has 11 nitrogen and oxygen atoms in total. The maximum atomic E-state index is 12.8. The molecule has 2 aromatic heterocycles. The zero-order valence-electron chi connectivity index (χ0n) is 16.0. The number of aromatic nitrogens is 6. The van der Waals surface area contributed by atoms with Crippen LogP contribution in [0.1, 0.15) is 10.4 Å². The summed E-state index contributed by atoms with van der Waals surface area (Å²) in [6.45, 7) is 1.75. The summed E-state index contributed by atoms with van der Waals surface area (Å²) >= 11 is 12.1. The Labute approximate surface area is 186 Å². The van der Waals surface area contributed by atoms with Gasteiger partial charge in [0.1, 0.15) is 11.5 Å². The van der Waals surface area contributed by atoms with Gasteiger partial charge in [0.2, 0.25) is 5.82 Å². The minimum absolute atomic E-state index is 0.163. The van der Waals surface area contributed by atoms with Crippen LogP contribution >= 0.6 is 23.2 Å². The molecule has 1 aliphatic rings. The van der Waals surface area contributed by atoms with Gasteiger partial charge in [-0.25, -0.2) is 9.97 Å². The third-order valence-electron chi connectivity index (χ3n) is 4.65. The van der Waals surface area contributed by atoms with Crippen molar-refractivity contribution in [3.63, 3.8) is 0 Å². The number of aliphatic carboxylic acids is 1. The SMILES string of the molecule is O=C(O)Cn1nnc(-c2cnc(N3CCN(C(=O)c4cc(Cl)ccc4Cl)CC3)cn2)n1. The van der Waals surface area contributed by atoms with Crippen molar-refractivity contribution in [3.05, 3.63) is 46.2 Å². The number of piperazine rings is 1. The molecule has 0 unspecified atom stereocenters. The second-order valence-corrected chi connectivity index (χ2v) is 7.54. The molecule has 1 N–H and O–H groups in total. The molecule has 3 heterocycles. The van der Waals surface area contributed by atoms with Crippen molar-refractivity contribution in [1.29, 1.82) is 0 Å². The van der Waals surface area contributed by atoms with Crippen LogP contribution in [0, 0.1) is 0 Å². The largest absolute Gasteiger partial charge is 0.480 e. The van der Waals surface area contributed by atoms with Gasteiger partial charge in [-0.3, -0.25) is 9.59 Å². The third-order valence-corrected chi connectivity index (χ3v) is 5.21. The number of amides is 1. The molecule has 3 aromatic rings. The van der Waals surface area contributed by atoms with E-state index in [2.05, 4.69) is 25.4 Å². The first-order chi connectivity index (χ1) is 14.9. The van der Waals surface area contributed by atoms with E-state index in [0.29, 0.717) is 53.3 Å². The zero-order chi connectivity index (χ0) is 22.0. The van der Waals surface area contributed by atoms with Crippen molar-refractivity contribution >= 4 is 40.9 Å². The number of carbonyl (C=O) groups excluding carboxylic acids is 1. The Morgan fingerprint density at radius 3 is 2.52 bits per heavy atom. The van der Waals surface area contributed by atoms with Gasteiger partial charge >= 0.3 is 5.97 Å². The molecule has 4 rings (SSSR count). The molecule has 0 spiro atoms. The van der Waals surface area contributed by atoms with Crippen LogP contribution < -0.4 is 4.90 Å². The molecule has 31 heavy (non-hydrogen) atoms. The van der Waals surface area contributed by atoms with Gasteiger partial charge in [0.05, 0.1) is 23.0 Å². The topological polar surface area (TPSA) is 130 Å². The summed E-state index contributed by atoms with van der Waals surface area (Å²) in [4.78, 5) is 36.9. The van der Waals surface area contributed by atoms with Crippen molar-refractivity contribution in [1.82, 2.24) is 35.1 Å². The quantitative estimate of drug-likeness (QED) is 0.598. The van der Waals surface area contributed by atoms with Gasteiger partial charge in [-0.2, -0.15) is 4.80 Å². The van der Waals surface area contributed by atoms with Crippen LogP contribution in [0.3, 0.4) is 0 Å². The molecule has 0 radical (unpaired) electrons. The molecular weight excluding hydrogens is 447 g/mol. The summed E-state index contributed by atoms with van der Waals surface area (Å²) in [7, 11) is 0. The van der Waals surface area contributed by atoms with E-state index < -0.39 is 5.97 Å². The van der Waals surface area contributed by atoms with Crippen LogP contribution in [0.4, 0.5) is 5.82 Å². The molecule has 13 heteroatoms. The van der Waals surface area contributed by atoms with Crippen molar-refractivity contribution in [3.8, 4) is 11.5 Å². The first-order valence-electron chi connectivity index (χ1n) is 9.22. The van der Waals surface area contributed by atoms with E-state index in [-0.39, 0.29) is 18.3 Å². The van der Waals surface area contributed by atoms with E-state index in [1.54, 1.807) is 29.3 Å². The van der Waals surface area contributed by atoms with Crippen LogP contribution in [0.25, 0.3) is 11.5 Å². The second-order valence-electron chi connectivity index (χ2n) is 6.70. The molecular formula is C18H16Cl2N8O3. The van der Waals surface area contributed by atoms with E-state index >= 15 is 0 Å². The normalized spacial score (nSPS) is 14.0. The van der Waals surface area contributed by atoms with E-state index in [1.807, 2.05) is 4.90 Å². The molecule has 1 aromatic carbocycles. The van der Waals surface area contributed by atoms with E-state index in [0.717, 1.165) is 4.80 Å². The summed E-state index contributed by atoms with van der Waals surface area (Å²) in [6.07, 6.45) is 3.08. The van der Waals surface area contributed by atoms with Gasteiger partial charge in [0.25, 0.3) is 5.91 Å². The van der Waals surface area contributed by atoms with Gasteiger partial charge < -0.3 is 14.9 Å². The predicted molar refractivity (Wildman–Crippen MR) is 111 cm³/mol. The molecule has 1 fully saturated rings. The summed E-state index contributed by atoms with van der Waals surface area (Å²) < 4.78 is 0. The van der Waals surface area contributed by atoms with Gasteiger partial charge in [0.15, 0.2) is 6.54 Å². The van der Waals surface area contributed by atoms with Gasteiger partial charge in [-0.15, -0.1) is 10.2 Å². The Hall–Kier alpha value is -3.31. The number of benzene rings is 1. The number of halogens is 2. The average Bonchev–Trinajstić information content (AvgIpc) is 3.23. The molecule has 0 aliphatic carbocycles. The fourth-order valence-corrected chi connectivity index (χ4v) is 3.47. The van der Waals surface area contributed by atoms with Crippen molar-refractivity contribution in [2.45, 2.75) is 6.54 Å². The Morgan fingerprint density at radius 2 is 1.84 bits per heavy atom. The number of carbonyl (C=O) groups is 2. The highest BCUT2D eigenvalue weighted by atomic mass is 35.5. The minimum atomic E-state index is -1.07. The van der Waals surface area contributed by atoms with Gasteiger partial charge in [-0.1, -0.05) is 23.2 Å². The second kappa shape index (κ2) is 8.82. The predicted octanol–water partition coefficient (Wildman–Crippen LogP) is 1.48. The lowest BCUT2D eigenvalue weighted by Crippen LogP contribution is -2.49. The summed E-state index contributed by atoms with van der Waals surface area (Å²) in [5.41, 5.74) is 0.764. The highest BCUT2D eigenvalue weighted by Gasteiger charge is 2.24. The molecule has 1 amide bonds. The number of nitrogens with zero attached hydrogens (tertiary/aromatic N) is 8. The van der Waals surface area contributed by atoms with Crippen LogP contribution in [-0.4, -0.2) is 78.2 Å². The molecule has 0 saturated carbocycles. The standard InChI is InChI=1S/C18H16Cl2N8O3/c19-11-1-2-13(20)12(7-11)18(31)27-5-3-26(4-6-27)15-9-21-14(8-22-15)17-23-25-28(24-17)10-16(29)30/h1-2,7-9H,3-6,10H2,(H,29,30). The summed E-state index contributed by atoms with van der Waals surface area (Å²) in [5, 5.41) is 21.0. The minimum Gasteiger partial charge on any atom is -0.480 e. The number of hydrogen-bond acceptors (Lipinski definition) is 8. The maximum Gasteiger partial charge on any atom is 0.327 e. The number of hydrogen-bond donors (Lipinski definition) is 1. The molecule has 1 saturated heterocycles. The summed E-state index contributed by atoms with van der Waals surface area (Å²) in [6, 6.07) is 4.83. The smallest absolute Gasteiger partial charge is 0.327 e. The first-order valence-corrected chi connectivity index (χ1v) is 9.97. The van der Waals surface area contributed by atoms with E-state index in [1.165, 1.54) is 6.20 Å². The van der Waals surface area contributed by atoms with Crippen LogP contribution in [0.15, 0.2) is 30.6 Å². The summed E-state index contributed by atoms with van der Waals surface area (Å²) in [5.74, 6) is -0.395. The number of carboxylic acid groups (broad SMARTS) is 1. The highest BCUT2D eigenvalue weighted by molar-refractivity contribution is 6.35. The monoisotopic (exact) mass is 462 g/mol. The molecule has 160 valence electrons. The fraction of sp³-hybridized carbons (Fsp3) is 0.278.